The second-order valence-electron chi connectivity index (χ2n) is 5.80. The maximum absolute atomic E-state index is 12.3. The molecule has 1 atom stereocenters. The van der Waals surface area contributed by atoms with Gasteiger partial charge in [0.25, 0.3) is 5.91 Å². The van der Waals surface area contributed by atoms with Crippen molar-refractivity contribution in [2.24, 2.45) is 5.16 Å². The highest BCUT2D eigenvalue weighted by molar-refractivity contribution is 6.30. The third-order valence-corrected chi connectivity index (χ3v) is 4.23. The molecule has 1 unspecified atom stereocenters. The number of pyridine rings is 1. The summed E-state index contributed by atoms with van der Waals surface area (Å²) in [7, 11) is 0. The predicted molar refractivity (Wildman–Crippen MR) is 99.6 cm³/mol. The van der Waals surface area contributed by atoms with Crippen LogP contribution >= 0.6 is 11.6 Å². The highest BCUT2D eigenvalue weighted by Crippen LogP contribution is 2.23. The van der Waals surface area contributed by atoms with Gasteiger partial charge in [-0.3, -0.25) is 9.78 Å². The molecule has 6 nitrogen and oxygen atoms in total. The van der Waals surface area contributed by atoms with Crippen molar-refractivity contribution in [3.8, 4) is 5.75 Å². The fourth-order valence-corrected chi connectivity index (χ4v) is 2.90. The monoisotopic (exact) mass is 373 g/mol. The largest absolute Gasteiger partial charge is 0.494 e. The van der Waals surface area contributed by atoms with E-state index in [9.17, 15) is 4.79 Å². The van der Waals surface area contributed by atoms with Gasteiger partial charge < -0.3 is 14.9 Å². The highest BCUT2D eigenvalue weighted by Gasteiger charge is 2.28. The number of amides is 1. The number of nitrogens with one attached hydrogen (secondary N) is 1. The Bertz CT molecular complexity index is 796. The molecule has 0 saturated carbocycles. The van der Waals surface area contributed by atoms with Crippen molar-refractivity contribution in [2.75, 3.05) is 13.2 Å². The van der Waals surface area contributed by atoms with Crippen molar-refractivity contribution in [1.29, 1.82) is 0 Å². The topological polar surface area (TPSA) is 72.8 Å². The lowest BCUT2D eigenvalue weighted by molar-refractivity contribution is -0.131. The predicted octanol–water partition coefficient (Wildman–Crippen LogP) is 2.99. The van der Waals surface area contributed by atoms with E-state index in [1.807, 2.05) is 31.2 Å². The van der Waals surface area contributed by atoms with Gasteiger partial charge >= 0.3 is 0 Å². The van der Waals surface area contributed by atoms with Gasteiger partial charge in [0, 0.05) is 35.9 Å². The van der Waals surface area contributed by atoms with Gasteiger partial charge in [-0.1, -0.05) is 16.8 Å². The lowest BCUT2D eigenvalue weighted by Crippen LogP contribution is -2.36. The molecule has 136 valence electrons. The number of rotatable bonds is 7. The zero-order chi connectivity index (χ0) is 18.4. The van der Waals surface area contributed by atoms with E-state index < -0.39 is 6.10 Å². The van der Waals surface area contributed by atoms with Crippen molar-refractivity contribution in [3.63, 3.8) is 0 Å². The number of carbonyl (C=O) groups excluding carboxylic acids is 1. The van der Waals surface area contributed by atoms with Crippen LogP contribution in [0.15, 0.2) is 47.9 Å². The van der Waals surface area contributed by atoms with Gasteiger partial charge in [-0.25, -0.2) is 0 Å². The molecule has 1 N–H and O–H groups in total. The smallest absolute Gasteiger partial charge is 0.264 e. The minimum Gasteiger partial charge on any atom is -0.494 e. The van der Waals surface area contributed by atoms with E-state index in [2.05, 4.69) is 15.5 Å². The first-order valence-electron chi connectivity index (χ1n) is 8.49. The third-order valence-electron chi connectivity index (χ3n) is 3.99. The van der Waals surface area contributed by atoms with E-state index in [0.717, 1.165) is 22.6 Å². The van der Waals surface area contributed by atoms with Crippen molar-refractivity contribution in [2.45, 2.75) is 25.9 Å². The molecule has 26 heavy (non-hydrogen) atoms. The third kappa shape index (κ3) is 4.52. The molecule has 0 spiro atoms. The molecule has 0 bridgehead atoms. The van der Waals surface area contributed by atoms with E-state index in [1.165, 1.54) is 0 Å². The molecule has 0 saturated heterocycles. The zero-order valence-corrected chi connectivity index (χ0v) is 15.2. The molecule has 3 rings (SSSR count). The van der Waals surface area contributed by atoms with Crippen molar-refractivity contribution in [1.82, 2.24) is 10.3 Å². The summed E-state index contributed by atoms with van der Waals surface area (Å²) in [5.41, 5.74) is 2.62. The number of hydrogen-bond acceptors (Lipinski definition) is 5. The molecular formula is C19H20ClN3O3. The van der Waals surface area contributed by atoms with Crippen LogP contribution in [0.3, 0.4) is 0 Å². The summed E-state index contributed by atoms with van der Waals surface area (Å²) in [5.74, 6) is 0.601. The van der Waals surface area contributed by atoms with Crippen molar-refractivity contribution in [3.05, 3.63) is 58.9 Å². The van der Waals surface area contributed by atoms with Crippen LogP contribution in [0.4, 0.5) is 0 Å². The summed E-state index contributed by atoms with van der Waals surface area (Å²) < 4.78 is 5.59. The number of hydrogen-bond donors (Lipinski definition) is 1. The summed E-state index contributed by atoms with van der Waals surface area (Å²) >= 11 is 6.05. The number of halogens is 1. The summed E-state index contributed by atoms with van der Waals surface area (Å²) in [5, 5.41) is 7.54. The maximum atomic E-state index is 12.3. The van der Waals surface area contributed by atoms with Gasteiger partial charge in [0.15, 0.2) is 0 Å². The Morgan fingerprint density at radius 2 is 2.15 bits per heavy atom. The van der Waals surface area contributed by atoms with E-state index in [0.29, 0.717) is 31.0 Å². The van der Waals surface area contributed by atoms with Gasteiger partial charge in [0.05, 0.1) is 12.3 Å². The number of aromatic nitrogens is 1. The Hall–Kier alpha value is -2.60. The molecule has 1 amide bonds. The summed E-state index contributed by atoms with van der Waals surface area (Å²) in [6.07, 6.45) is 3.83. The van der Waals surface area contributed by atoms with Gasteiger partial charge in [0.1, 0.15) is 5.75 Å². The quantitative estimate of drug-likeness (QED) is 0.809. The maximum Gasteiger partial charge on any atom is 0.264 e. The van der Waals surface area contributed by atoms with Gasteiger partial charge in [-0.15, -0.1) is 0 Å². The number of nitrogens with zero attached hydrogens (tertiary/aromatic N) is 2. The molecule has 0 radical (unpaired) electrons. The molecule has 2 aromatic rings. The Morgan fingerprint density at radius 3 is 2.92 bits per heavy atom. The molecule has 1 aliphatic heterocycles. The lowest BCUT2D eigenvalue weighted by Gasteiger charge is -2.12. The van der Waals surface area contributed by atoms with Crippen molar-refractivity contribution >= 4 is 23.2 Å². The van der Waals surface area contributed by atoms with Crippen LogP contribution in [-0.2, 0) is 16.1 Å². The van der Waals surface area contributed by atoms with Gasteiger partial charge in [-0.05, 0) is 49.2 Å². The Kier molecular flexibility index (Phi) is 6.07. The molecule has 7 heteroatoms. The zero-order valence-electron chi connectivity index (χ0n) is 14.4. The van der Waals surface area contributed by atoms with E-state index in [-0.39, 0.29) is 5.91 Å². The summed E-state index contributed by atoms with van der Waals surface area (Å²) in [4.78, 5) is 21.6. The molecule has 2 heterocycles. The van der Waals surface area contributed by atoms with Gasteiger partial charge in [0.2, 0.25) is 6.10 Å². The summed E-state index contributed by atoms with van der Waals surface area (Å²) in [6.45, 7) is 2.97. The minimum atomic E-state index is -0.608. The second-order valence-corrected chi connectivity index (χ2v) is 6.23. The average molecular weight is 374 g/mol. The van der Waals surface area contributed by atoms with Gasteiger partial charge in [-0.2, -0.15) is 0 Å². The van der Waals surface area contributed by atoms with E-state index >= 15 is 0 Å². The number of ether oxygens (including phenoxy) is 1. The first-order valence-corrected chi connectivity index (χ1v) is 8.87. The standard InChI is InChI=1S/C19H20ClN3O3/c1-2-25-17-4-3-15(20)11-14(17)7-10-22-19(24)18-12-16(23-26-18)13-5-8-21-9-6-13/h3-6,8-9,11,18H,2,7,10,12H2,1H3,(H,22,24). The minimum absolute atomic E-state index is 0.183. The SMILES string of the molecule is CCOc1ccc(Cl)cc1CCNC(=O)C1CC(c2ccncc2)=NO1. The van der Waals surface area contributed by atoms with Crippen LogP contribution in [0, 0.1) is 0 Å². The Balaban J connectivity index is 1.51. The van der Waals surface area contributed by atoms with Crippen LogP contribution in [0.5, 0.6) is 5.75 Å². The lowest BCUT2D eigenvalue weighted by atomic mass is 10.1. The molecular weight excluding hydrogens is 354 g/mol. The fraction of sp³-hybridized carbons (Fsp3) is 0.316. The molecule has 1 aromatic carbocycles. The normalized spacial score (nSPS) is 15.9. The van der Waals surface area contributed by atoms with E-state index in [1.54, 1.807) is 18.5 Å². The fourth-order valence-electron chi connectivity index (χ4n) is 2.71. The highest BCUT2D eigenvalue weighted by atomic mass is 35.5. The molecule has 1 aromatic heterocycles. The van der Waals surface area contributed by atoms with Crippen LogP contribution in [0.1, 0.15) is 24.5 Å². The van der Waals surface area contributed by atoms with Crippen LogP contribution in [0.25, 0.3) is 0 Å². The number of benzene rings is 1. The number of oxime groups is 1. The Labute approximate surface area is 157 Å². The van der Waals surface area contributed by atoms with Crippen LogP contribution in [-0.4, -0.2) is 35.9 Å². The number of carbonyl (C=O) groups is 1. The first-order chi connectivity index (χ1) is 12.7. The average Bonchev–Trinajstić information content (AvgIpc) is 3.15. The summed E-state index contributed by atoms with van der Waals surface area (Å²) in [6, 6.07) is 9.18. The first kappa shape index (κ1) is 18.2. The molecule has 1 aliphatic rings. The van der Waals surface area contributed by atoms with Crippen LogP contribution in [0.2, 0.25) is 5.02 Å². The van der Waals surface area contributed by atoms with Crippen LogP contribution < -0.4 is 10.1 Å². The molecule has 0 fully saturated rings. The second kappa shape index (κ2) is 8.67. The van der Waals surface area contributed by atoms with Crippen molar-refractivity contribution < 1.29 is 14.4 Å². The Morgan fingerprint density at radius 1 is 1.35 bits per heavy atom. The van der Waals surface area contributed by atoms with E-state index in [4.69, 9.17) is 21.2 Å². The molecule has 0 aliphatic carbocycles.